The molecule has 0 bridgehead atoms. The third kappa shape index (κ3) is 3.64. The summed E-state index contributed by atoms with van der Waals surface area (Å²) in [6.45, 7) is 1.33. The highest BCUT2D eigenvalue weighted by molar-refractivity contribution is 5.93. The Bertz CT molecular complexity index is 711. The van der Waals surface area contributed by atoms with Crippen molar-refractivity contribution in [2.45, 2.75) is 25.7 Å². The molecule has 6 nitrogen and oxygen atoms in total. The van der Waals surface area contributed by atoms with Gasteiger partial charge in [0.15, 0.2) is 0 Å². The van der Waals surface area contributed by atoms with Gasteiger partial charge in [0.25, 0.3) is 5.91 Å². The molecule has 6 heteroatoms. The van der Waals surface area contributed by atoms with Gasteiger partial charge >= 0.3 is 5.97 Å². The molecule has 126 valence electrons. The summed E-state index contributed by atoms with van der Waals surface area (Å²) in [6.07, 6.45) is 5.92. The number of nitrogens with zero attached hydrogens (tertiary/aromatic N) is 3. The number of carbonyl (C=O) groups is 2. The highest BCUT2D eigenvalue weighted by Gasteiger charge is 2.26. The lowest BCUT2D eigenvalue weighted by atomic mass is 9.93. The Hall–Kier alpha value is -2.63. The number of piperidine rings is 1. The monoisotopic (exact) mass is 327 g/mol. The lowest BCUT2D eigenvalue weighted by molar-refractivity contribution is -0.137. The quantitative estimate of drug-likeness (QED) is 0.916. The van der Waals surface area contributed by atoms with Gasteiger partial charge in [0.1, 0.15) is 5.69 Å². The van der Waals surface area contributed by atoms with E-state index in [1.807, 2.05) is 35.2 Å². The molecule has 1 aliphatic heterocycles. The van der Waals surface area contributed by atoms with Crippen LogP contribution in [0.3, 0.4) is 0 Å². The van der Waals surface area contributed by atoms with Crippen molar-refractivity contribution in [2.24, 2.45) is 5.92 Å². The van der Waals surface area contributed by atoms with Gasteiger partial charge in [-0.25, -0.2) is 4.98 Å². The standard InChI is InChI=1S/C18H21N3O3/c22-17(23)9-8-14-5-4-10-20(12-14)18(24)16-11-19-13-21(16)15-6-2-1-3-7-15/h1-3,6-7,11,13-14H,4-5,8-10,12H2,(H,22,23)/t14-/m1/s1. The number of carboxylic acids is 1. The van der Waals surface area contributed by atoms with Crippen molar-refractivity contribution in [3.8, 4) is 5.69 Å². The van der Waals surface area contributed by atoms with Crippen molar-refractivity contribution in [3.05, 3.63) is 48.5 Å². The molecule has 3 rings (SSSR count). The van der Waals surface area contributed by atoms with Crippen LogP contribution >= 0.6 is 0 Å². The molecule has 0 unspecified atom stereocenters. The predicted octanol–water partition coefficient (Wildman–Crippen LogP) is 2.59. The maximum atomic E-state index is 12.9. The minimum absolute atomic E-state index is 0.0450. The van der Waals surface area contributed by atoms with E-state index in [1.165, 1.54) is 0 Å². The number of amides is 1. The SMILES string of the molecule is O=C(O)CC[C@H]1CCCN(C(=O)c2cncn2-c2ccccc2)C1. The molecule has 0 saturated carbocycles. The van der Waals surface area contributed by atoms with E-state index in [4.69, 9.17) is 5.11 Å². The molecular weight excluding hydrogens is 306 g/mol. The second-order valence-corrected chi connectivity index (χ2v) is 6.18. The van der Waals surface area contributed by atoms with E-state index in [0.29, 0.717) is 25.2 Å². The molecule has 1 saturated heterocycles. The van der Waals surface area contributed by atoms with Crippen LogP contribution in [-0.2, 0) is 4.79 Å². The molecule has 1 aliphatic rings. The third-order valence-corrected chi connectivity index (χ3v) is 4.46. The van der Waals surface area contributed by atoms with E-state index >= 15 is 0 Å². The number of imidazole rings is 1. The molecule has 1 fully saturated rings. The van der Waals surface area contributed by atoms with Crippen LogP contribution in [0.5, 0.6) is 0 Å². The fourth-order valence-electron chi connectivity index (χ4n) is 3.22. The number of hydrogen-bond acceptors (Lipinski definition) is 3. The van der Waals surface area contributed by atoms with Gasteiger partial charge in [-0.1, -0.05) is 18.2 Å². The molecule has 0 radical (unpaired) electrons. The van der Waals surface area contributed by atoms with Gasteiger partial charge in [-0.2, -0.15) is 0 Å². The van der Waals surface area contributed by atoms with Crippen molar-refractivity contribution < 1.29 is 14.7 Å². The first-order chi connectivity index (χ1) is 11.6. The van der Waals surface area contributed by atoms with Crippen LogP contribution in [0.1, 0.15) is 36.2 Å². The lowest BCUT2D eigenvalue weighted by Gasteiger charge is -2.32. The van der Waals surface area contributed by atoms with E-state index in [-0.39, 0.29) is 18.2 Å². The Kier molecular flexibility index (Phi) is 4.93. The fraction of sp³-hybridized carbons (Fsp3) is 0.389. The molecule has 2 heterocycles. The number of rotatable bonds is 5. The fourth-order valence-corrected chi connectivity index (χ4v) is 3.22. The third-order valence-electron chi connectivity index (χ3n) is 4.46. The summed E-state index contributed by atoms with van der Waals surface area (Å²) < 4.78 is 1.79. The van der Waals surface area contributed by atoms with Gasteiger partial charge in [0.2, 0.25) is 0 Å². The molecule has 1 atom stereocenters. The molecule has 1 aromatic carbocycles. The zero-order valence-electron chi connectivity index (χ0n) is 13.5. The van der Waals surface area contributed by atoms with Crippen LogP contribution in [0.2, 0.25) is 0 Å². The summed E-state index contributed by atoms with van der Waals surface area (Å²) in [5.74, 6) is -0.566. The van der Waals surface area contributed by atoms with Gasteiger partial charge < -0.3 is 10.0 Å². The molecule has 24 heavy (non-hydrogen) atoms. The Labute approximate surface area is 140 Å². The van der Waals surface area contributed by atoms with Crippen molar-refractivity contribution in [2.75, 3.05) is 13.1 Å². The van der Waals surface area contributed by atoms with Crippen molar-refractivity contribution in [1.82, 2.24) is 14.5 Å². The molecule has 1 amide bonds. The van der Waals surface area contributed by atoms with Crippen LogP contribution < -0.4 is 0 Å². The van der Waals surface area contributed by atoms with Gasteiger partial charge in [0, 0.05) is 25.2 Å². The summed E-state index contributed by atoms with van der Waals surface area (Å²) in [7, 11) is 0. The van der Waals surface area contributed by atoms with Crippen LogP contribution in [0.15, 0.2) is 42.9 Å². The van der Waals surface area contributed by atoms with Gasteiger partial charge in [-0.05, 0) is 37.3 Å². The maximum Gasteiger partial charge on any atom is 0.303 e. The number of aromatic nitrogens is 2. The van der Waals surface area contributed by atoms with E-state index < -0.39 is 5.97 Å². The zero-order valence-corrected chi connectivity index (χ0v) is 13.5. The molecular formula is C18H21N3O3. The van der Waals surface area contributed by atoms with Gasteiger partial charge in [0.05, 0.1) is 12.5 Å². The molecule has 2 aromatic rings. The molecule has 0 spiro atoms. The van der Waals surface area contributed by atoms with Crippen LogP contribution in [0.4, 0.5) is 0 Å². The minimum Gasteiger partial charge on any atom is -0.481 e. The number of carboxylic acid groups (broad SMARTS) is 1. The van der Waals surface area contributed by atoms with E-state index in [9.17, 15) is 9.59 Å². The summed E-state index contributed by atoms with van der Waals surface area (Å²) in [4.78, 5) is 29.6. The van der Waals surface area contributed by atoms with Crippen LogP contribution in [0, 0.1) is 5.92 Å². The Morgan fingerprint density at radius 1 is 1.25 bits per heavy atom. The van der Waals surface area contributed by atoms with E-state index in [1.54, 1.807) is 17.1 Å². The van der Waals surface area contributed by atoms with E-state index in [0.717, 1.165) is 18.5 Å². The average molecular weight is 327 g/mol. The number of benzene rings is 1. The van der Waals surface area contributed by atoms with Crippen molar-refractivity contribution in [1.29, 1.82) is 0 Å². The predicted molar refractivity (Wildman–Crippen MR) is 89.1 cm³/mol. The zero-order chi connectivity index (χ0) is 16.9. The summed E-state index contributed by atoms with van der Waals surface area (Å²) in [5.41, 5.74) is 1.44. The lowest BCUT2D eigenvalue weighted by Crippen LogP contribution is -2.40. The second kappa shape index (κ2) is 7.29. The molecule has 1 N–H and O–H groups in total. The second-order valence-electron chi connectivity index (χ2n) is 6.18. The molecule has 1 aromatic heterocycles. The summed E-state index contributed by atoms with van der Waals surface area (Å²) in [6, 6.07) is 9.65. The van der Waals surface area contributed by atoms with Gasteiger partial charge in [-0.3, -0.25) is 14.2 Å². The maximum absolute atomic E-state index is 12.9. The first kappa shape index (κ1) is 16.2. The largest absolute Gasteiger partial charge is 0.481 e. The Morgan fingerprint density at radius 3 is 2.79 bits per heavy atom. The highest BCUT2D eigenvalue weighted by Crippen LogP contribution is 2.23. The first-order valence-corrected chi connectivity index (χ1v) is 8.24. The van der Waals surface area contributed by atoms with Gasteiger partial charge in [-0.15, -0.1) is 0 Å². The first-order valence-electron chi connectivity index (χ1n) is 8.24. The highest BCUT2D eigenvalue weighted by atomic mass is 16.4. The number of para-hydroxylation sites is 1. The number of aliphatic carboxylic acids is 1. The average Bonchev–Trinajstić information content (AvgIpc) is 3.10. The van der Waals surface area contributed by atoms with Crippen molar-refractivity contribution in [3.63, 3.8) is 0 Å². The minimum atomic E-state index is -0.777. The number of hydrogen-bond donors (Lipinski definition) is 1. The van der Waals surface area contributed by atoms with Crippen LogP contribution in [0.25, 0.3) is 5.69 Å². The smallest absolute Gasteiger partial charge is 0.303 e. The normalized spacial score (nSPS) is 17.7. The summed E-state index contributed by atoms with van der Waals surface area (Å²) >= 11 is 0. The Morgan fingerprint density at radius 2 is 2.04 bits per heavy atom. The van der Waals surface area contributed by atoms with Crippen LogP contribution in [-0.4, -0.2) is 44.5 Å². The summed E-state index contributed by atoms with van der Waals surface area (Å²) in [5, 5.41) is 8.84. The molecule has 0 aliphatic carbocycles. The van der Waals surface area contributed by atoms with Crippen molar-refractivity contribution >= 4 is 11.9 Å². The Balaban J connectivity index is 1.73. The topological polar surface area (TPSA) is 75.4 Å². The number of carbonyl (C=O) groups excluding carboxylic acids is 1. The van der Waals surface area contributed by atoms with E-state index in [2.05, 4.69) is 4.98 Å². The number of likely N-dealkylation sites (tertiary alicyclic amines) is 1.